The van der Waals surface area contributed by atoms with Crippen molar-refractivity contribution in [1.82, 2.24) is 44.9 Å². The first kappa shape index (κ1) is 17.0. The Kier molecular flexibility index (Phi) is 4.00. The van der Waals surface area contributed by atoms with Gasteiger partial charge in [-0.2, -0.15) is 4.52 Å². The van der Waals surface area contributed by atoms with E-state index >= 15 is 0 Å². The molecule has 0 saturated carbocycles. The second-order valence-electron chi connectivity index (χ2n) is 6.10. The molecule has 0 aliphatic rings. The number of hydrogen-bond donors (Lipinski definition) is 0. The van der Waals surface area contributed by atoms with Crippen LogP contribution < -0.4 is 9.47 Å². The maximum absolute atomic E-state index is 5.90. The number of aryl methyl sites for hydroxylation is 1. The minimum Gasteiger partial charge on any atom is -0.468 e. The highest BCUT2D eigenvalue weighted by Gasteiger charge is 2.20. The van der Waals surface area contributed by atoms with E-state index in [0.29, 0.717) is 46.8 Å². The smallest absolute Gasteiger partial charge is 0.311 e. The Bertz CT molecular complexity index is 1310. The zero-order chi connectivity index (χ0) is 19.8. The van der Waals surface area contributed by atoms with Crippen molar-refractivity contribution in [3.63, 3.8) is 0 Å². The normalized spacial score (nSPS) is 11.4. The molecule has 0 spiro atoms. The lowest BCUT2D eigenvalue weighted by atomic mass is 10.3. The molecule has 5 heterocycles. The molecule has 0 unspecified atom stereocenters. The predicted octanol–water partition coefficient (Wildman–Crippen LogP) is 1.43. The number of pyridine rings is 1. The summed E-state index contributed by atoms with van der Waals surface area (Å²) in [5.41, 5.74) is 2.20. The van der Waals surface area contributed by atoms with Crippen LogP contribution in [0, 0.1) is 0 Å². The molecule has 0 radical (unpaired) electrons. The van der Waals surface area contributed by atoms with Crippen LogP contribution in [0.15, 0.2) is 35.1 Å². The molecule has 29 heavy (non-hydrogen) atoms. The van der Waals surface area contributed by atoms with Crippen LogP contribution in [-0.2, 0) is 13.7 Å². The van der Waals surface area contributed by atoms with E-state index in [1.54, 1.807) is 34.7 Å². The van der Waals surface area contributed by atoms with Gasteiger partial charge in [-0.15, -0.1) is 20.4 Å². The summed E-state index contributed by atoms with van der Waals surface area (Å²) in [6.45, 7) is 2.51. The van der Waals surface area contributed by atoms with E-state index in [4.69, 9.17) is 14.0 Å². The van der Waals surface area contributed by atoms with Gasteiger partial charge >= 0.3 is 5.95 Å². The minimum atomic E-state index is 0.188. The molecule has 0 saturated heterocycles. The van der Waals surface area contributed by atoms with Crippen molar-refractivity contribution in [3.8, 4) is 23.3 Å². The van der Waals surface area contributed by atoms with Crippen molar-refractivity contribution in [2.45, 2.75) is 13.5 Å². The van der Waals surface area contributed by atoms with Gasteiger partial charge in [-0.3, -0.25) is 9.67 Å². The number of fused-ring (bicyclic) bond motifs is 3. The van der Waals surface area contributed by atoms with Crippen molar-refractivity contribution in [2.24, 2.45) is 7.05 Å². The van der Waals surface area contributed by atoms with Gasteiger partial charge < -0.3 is 14.0 Å². The highest BCUT2D eigenvalue weighted by atomic mass is 16.6. The van der Waals surface area contributed by atoms with Crippen molar-refractivity contribution in [2.75, 3.05) is 6.61 Å². The summed E-state index contributed by atoms with van der Waals surface area (Å²) < 4.78 is 19.5. The highest BCUT2D eigenvalue weighted by molar-refractivity contribution is 5.94. The summed E-state index contributed by atoms with van der Waals surface area (Å²) in [4.78, 5) is 4.40. The molecule has 0 bridgehead atoms. The molecule has 0 aromatic carbocycles. The van der Waals surface area contributed by atoms with Gasteiger partial charge in [0.1, 0.15) is 17.8 Å². The molecule has 146 valence electrons. The molecule has 0 aliphatic heterocycles. The van der Waals surface area contributed by atoms with Gasteiger partial charge in [0.25, 0.3) is 5.88 Å². The zero-order valence-electron chi connectivity index (χ0n) is 15.6. The third-order valence-corrected chi connectivity index (χ3v) is 4.09. The molecule has 5 aromatic heterocycles. The lowest BCUT2D eigenvalue weighted by molar-refractivity contribution is 0.226. The Morgan fingerprint density at radius 2 is 2.10 bits per heavy atom. The molecule has 12 nitrogen and oxygen atoms in total. The van der Waals surface area contributed by atoms with Gasteiger partial charge in [0.15, 0.2) is 11.3 Å². The van der Waals surface area contributed by atoms with E-state index in [2.05, 4.69) is 35.7 Å². The summed E-state index contributed by atoms with van der Waals surface area (Å²) in [5, 5.41) is 25.7. The van der Waals surface area contributed by atoms with Gasteiger partial charge in [-0.25, -0.2) is 0 Å². The summed E-state index contributed by atoms with van der Waals surface area (Å²) in [5.74, 6) is 0.999. The van der Waals surface area contributed by atoms with E-state index < -0.39 is 0 Å². The molecule has 0 atom stereocenters. The fraction of sp³-hybridized carbons (Fsp3) is 0.235. The Morgan fingerprint density at radius 1 is 1.17 bits per heavy atom. The maximum atomic E-state index is 5.90. The molecular weight excluding hydrogens is 378 g/mol. The van der Waals surface area contributed by atoms with Crippen LogP contribution in [0.1, 0.15) is 12.6 Å². The highest BCUT2D eigenvalue weighted by Crippen LogP contribution is 2.28. The van der Waals surface area contributed by atoms with Crippen molar-refractivity contribution in [1.29, 1.82) is 0 Å². The van der Waals surface area contributed by atoms with Crippen LogP contribution in [0.3, 0.4) is 0 Å². The van der Waals surface area contributed by atoms with Crippen LogP contribution in [0.2, 0.25) is 0 Å². The fourth-order valence-corrected chi connectivity index (χ4v) is 2.87. The Morgan fingerprint density at radius 3 is 2.93 bits per heavy atom. The van der Waals surface area contributed by atoms with Crippen LogP contribution >= 0.6 is 0 Å². The predicted molar refractivity (Wildman–Crippen MR) is 98.1 cm³/mol. The average molecular weight is 393 g/mol. The van der Waals surface area contributed by atoms with Crippen molar-refractivity contribution >= 4 is 16.6 Å². The van der Waals surface area contributed by atoms with Gasteiger partial charge in [0.05, 0.1) is 24.3 Å². The lowest BCUT2D eigenvalue weighted by Gasteiger charge is -2.07. The molecule has 5 rings (SSSR count). The second-order valence-corrected chi connectivity index (χ2v) is 6.10. The third-order valence-electron chi connectivity index (χ3n) is 4.09. The monoisotopic (exact) mass is 393 g/mol. The first-order valence-corrected chi connectivity index (χ1v) is 8.81. The molecular formula is C17H15N9O3. The molecule has 0 fully saturated rings. The molecule has 0 aliphatic carbocycles. The summed E-state index contributed by atoms with van der Waals surface area (Å²) in [7, 11) is 1.79. The first-order chi connectivity index (χ1) is 14.2. The zero-order valence-corrected chi connectivity index (χ0v) is 15.6. The first-order valence-electron chi connectivity index (χ1n) is 8.81. The molecule has 12 heteroatoms. The fourth-order valence-electron chi connectivity index (χ4n) is 2.87. The van der Waals surface area contributed by atoms with Gasteiger partial charge in [0.2, 0.25) is 5.82 Å². The number of aromatic nitrogens is 9. The van der Waals surface area contributed by atoms with Crippen LogP contribution in [-0.4, -0.2) is 51.6 Å². The van der Waals surface area contributed by atoms with Crippen molar-refractivity contribution < 1.29 is 14.0 Å². The Labute approximate surface area is 163 Å². The Balaban J connectivity index is 1.61. The van der Waals surface area contributed by atoms with Gasteiger partial charge in [0, 0.05) is 13.2 Å². The standard InChI is InChI=1S/C17H15N9O3/c1-3-27-13-7-12(23-29-13)16-21-20-15-11-5-4-6-18-14(11)17(22-26(15)16)28-9-10-8-25(2)24-19-10/h4-8H,3,9H2,1-2H3. The van der Waals surface area contributed by atoms with E-state index in [1.807, 2.05) is 19.1 Å². The minimum absolute atomic E-state index is 0.188. The topological polar surface area (TPSA) is 131 Å². The van der Waals surface area contributed by atoms with Crippen LogP contribution in [0.4, 0.5) is 0 Å². The van der Waals surface area contributed by atoms with E-state index in [-0.39, 0.29) is 6.61 Å². The van der Waals surface area contributed by atoms with E-state index in [1.165, 1.54) is 0 Å². The van der Waals surface area contributed by atoms with Gasteiger partial charge in [-0.05, 0) is 19.1 Å². The largest absolute Gasteiger partial charge is 0.468 e. The summed E-state index contributed by atoms with van der Waals surface area (Å²) in [6, 6.07) is 5.32. The number of hydrogen-bond acceptors (Lipinski definition) is 10. The number of nitrogens with zero attached hydrogens (tertiary/aromatic N) is 9. The molecule has 0 amide bonds. The maximum Gasteiger partial charge on any atom is 0.311 e. The van der Waals surface area contributed by atoms with Crippen LogP contribution in [0.25, 0.3) is 28.1 Å². The SMILES string of the molecule is CCOc1cc(-c2nnc3c4cccnc4c(OCc4cn(C)nn4)nn23)no1. The quantitative estimate of drug-likeness (QED) is 0.417. The van der Waals surface area contributed by atoms with Crippen molar-refractivity contribution in [3.05, 3.63) is 36.3 Å². The van der Waals surface area contributed by atoms with E-state index in [0.717, 1.165) is 5.39 Å². The average Bonchev–Trinajstić information content (AvgIpc) is 3.46. The molecule has 0 N–H and O–H groups in total. The number of rotatable bonds is 6. The third kappa shape index (κ3) is 2.99. The summed E-state index contributed by atoms with van der Waals surface area (Å²) in [6.07, 6.45) is 3.43. The lowest BCUT2D eigenvalue weighted by Crippen LogP contribution is -2.04. The Hall–Kier alpha value is -4.09. The van der Waals surface area contributed by atoms with Gasteiger partial charge in [-0.1, -0.05) is 10.4 Å². The van der Waals surface area contributed by atoms with E-state index in [9.17, 15) is 0 Å². The summed E-state index contributed by atoms with van der Waals surface area (Å²) >= 11 is 0. The number of ether oxygens (including phenoxy) is 2. The molecule has 5 aromatic rings. The van der Waals surface area contributed by atoms with Crippen LogP contribution in [0.5, 0.6) is 11.8 Å². The second kappa shape index (κ2) is 6.82.